The number of hydrogen-bond donors (Lipinski definition) is 1. The Bertz CT molecular complexity index is 381. The van der Waals surface area contributed by atoms with E-state index in [2.05, 4.69) is 51.0 Å². The monoisotopic (exact) mass is 311 g/mol. The van der Waals surface area contributed by atoms with Gasteiger partial charge in [0.05, 0.1) is 10.2 Å². The summed E-state index contributed by atoms with van der Waals surface area (Å²) in [5.41, 5.74) is 1.28. The van der Waals surface area contributed by atoms with Crippen molar-refractivity contribution in [3.8, 4) is 0 Å². The molecule has 18 heavy (non-hydrogen) atoms. The molecule has 3 nitrogen and oxygen atoms in total. The molecule has 100 valence electrons. The highest BCUT2D eigenvalue weighted by Gasteiger charge is 2.21. The van der Waals surface area contributed by atoms with Crippen molar-refractivity contribution < 1.29 is 0 Å². The van der Waals surface area contributed by atoms with Gasteiger partial charge in [0.25, 0.3) is 0 Å². The first-order valence-corrected chi connectivity index (χ1v) is 7.54. The van der Waals surface area contributed by atoms with Crippen LogP contribution < -0.4 is 10.2 Å². The van der Waals surface area contributed by atoms with Gasteiger partial charge in [-0.05, 0) is 47.3 Å². The molecule has 1 N–H and O–H groups in total. The molecule has 1 aliphatic rings. The molecular formula is C14H22BrN3. The molecular weight excluding hydrogens is 290 g/mol. The minimum Gasteiger partial charge on any atom is -0.370 e. The fourth-order valence-corrected chi connectivity index (χ4v) is 2.98. The van der Waals surface area contributed by atoms with Crippen molar-refractivity contribution in [2.24, 2.45) is 5.92 Å². The SMILES string of the molecule is CC(C)NCC1CCCN(c2ccncc2Br)C1. The van der Waals surface area contributed by atoms with Crippen molar-refractivity contribution in [3.63, 3.8) is 0 Å². The summed E-state index contributed by atoms with van der Waals surface area (Å²) < 4.78 is 1.10. The zero-order valence-electron chi connectivity index (χ0n) is 11.2. The fraction of sp³-hybridized carbons (Fsp3) is 0.643. The fourth-order valence-electron chi connectivity index (χ4n) is 2.48. The predicted octanol–water partition coefficient (Wildman–Crippen LogP) is 3.06. The molecule has 4 heteroatoms. The van der Waals surface area contributed by atoms with E-state index in [9.17, 15) is 0 Å². The van der Waals surface area contributed by atoms with Gasteiger partial charge in [0.2, 0.25) is 0 Å². The lowest BCUT2D eigenvalue weighted by Gasteiger charge is -2.35. The lowest BCUT2D eigenvalue weighted by Crippen LogP contribution is -2.41. The topological polar surface area (TPSA) is 28.2 Å². The van der Waals surface area contributed by atoms with Crippen LogP contribution in [0.5, 0.6) is 0 Å². The maximum absolute atomic E-state index is 4.13. The molecule has 1 fully saturated rings. The predicted molar refractivity (Wildman–Crippen MR) is 80.0 cm³/mol. The lowest BCUT2D eigenvalue weighted by atomic mass is 9.97. The third kappa shape index (κ3) is 3.69. The average molecular weight is 312 g/mol. The van der Waals surface area contributed by atoms with E-state index in [0.29, 0.717) is 6.04 Å². The maximum atomic E-state index is 4.13. The van der Waals surface area contributed by atoms with E-state index in [1.54, 1.807) is 0 Å². The van der Waals surface area contributed by atoms with E-state index in [0.717, 1.165) is 30.0 Å². The first-order valence-electron chi connectivity index (χ1n) is 6.74. The Kier molecular flexibility index (Phi) is 5.01. The molecule has 2 heterocycles. The van der Waals surface area contributed by atoms with Crippen LogP contribution in [0.3, 0.4) is 0 Å². The molecule has 0 radical (unpaired) electrons. The summed E-state index contributed by atoms with van der Waals surface area (Å²) >= 11 is 3.59. The highest BCUT2D eigenvalue weighted by atomic mass is 79.9. The summed E-state index contributed by atoms with van der Waals surface area (Å²) in [5, 5.41) is 3.55. The Morgan fingerprint density at radius 1 is 1.56 bits per heavy atom. The van der Waals surface area contributed by atoms with Crippen molar-refractivity contribution in [3.05, 3.63) is 22.9 Å². The van der Waals surface area contributed by atoms with Crippen LogP contribution in [-0.2, 0) is 0 Å². The number of rotatable bonds is 4. The highest BCUT2D eigenvalue weighted by Crippen LogP contribution is 2.28. The largest absolute Gasteiger partial charge is 0.370 e. The third-order valence-corrected chi connectivity index (χ3v) is 4.04. The van der Waals surface area contributed by atoms with Gasteiger partial charge in [0.15, 0.2) is 0 Å². The molecule has 1 saturated heterocycles. The van der Waals surface area contributed by atoms with Crippen LogP contribution in [0.15, 0.2) is 22.9 Å². The summed E-state index contributed by atoms with van der Waals surface area (Å²) in [6.45, 7) is 7.83. The molecule has 0 amide bonds. The molecule has 2 rings (SSSR count). The van der Waals surface area contributed by atoms with Gasteiger partial charge in [-0.25, -0.2) is 0 Å². The van der Waals surface area contributed by atoms with Crippen molar-refractivity contribution in [1.29, 1.82) is 0 Å². The van der Waals surface area contributed by atoms with Gasteiger partial charge in [-0.2, -0.15) is 0 Å². The second-order valence-corrected chi connectivity index (χ2v) is 6.20. The van der Waals surface area contributed by atoms with Gasteiger partial charge in [-0.3, -0.25) is 4.98 Å². The second-order valence-electron chi connectivity index (χ2n) is 5.34. The first-order chi connectivity index (χ1) is 8.66. The Morgan fingerprint density at radius 3 is 3.11 bits per heavy atom. The van der Waals surface area contributed by atoms with E-state index >= 15 is 0 Å². The number of pyridine rings is 1. The summed E-state index contributed by atoms with van der Waals surface area (Å²) in [5.74, 6) is 0.751. The molecule has 1 aromatic rings. The minimum atomic E-state index is 0.577. The van der Waals surface area contributed by atoms with Gasteiger partial charge >= 0.3 is 0 Å². The normalized spacial score (nSPS) is 20.4. The van der Waals surface area contributed by atoms with Crippen molar-refractivity contribution in [1.82, 2.24) is 10.3 Å². The number of halogens is 1. The average Bonchev–Trinajstić information content (AvgIpc) is 2.37. The standard InChI is InChI=1S/C14H22BrN3/c1-11(2)17-8-12-4-3-7-18(10-12)14-5-6-16-9-13(14)15/h5-6,9,11-12,17H,3-4,7-8,10H2,1-2H3. The van der Waals surface area contributed by atoms with Crippen LogP contribution in [0, 0.1) is 5.92 Å². The Labute approximate surface area is 118 Å². The van der Waals surface area contributed by atoms with Crippen LogP contribution in [0.4, 0.5) is 5.69 Å². The molecule has 1 aliphatic heterocycles. The van der Waals surface area contributed by atoms with Crippen LogP contribution in [0.2, 0.25) is 0 Å². The maximum Gasteiger partial charge on any atom is 0.0592 e. The lowest BCUT2D eigenvalue weighted by molar-refractivity contribution is 0.379. The van der Waals surface area contributed by atoms with E-state index < -0.39 is 0 Å². The van der Waals surface area contributed by atoms with Gasteiger partial charge in [0.1, 0.15) is 0 Å². The Balaban J connectivity index is 1.96. The number of hydrogen-bond acceptors (Lipinski definition) is 3. The van der Waals surface area contributed by atoms with Crippen LogP contribution in [0.25, 0.3) is 0 Å². The number of nitrogens with one attached hydrogen (secondary N) is 1. The van der Waals surface area contributed by atoms with Crippen LogP contribution in [-0.4, -0.2) is 30.7 Å². The van der Waals surface area contributed by atoms with Gasteiger partial charge in [-0.15, -0.1) is 0 Å². The van der Waals surface area contributed by atoms with Crippen molar-refractivity contribution in [2.75, 3.05) is 24.5 Å². The molecule has 0 aromatic carbocycles. The second kappa shape index (κ2) is 6.53. The first kappa shape index (κ1) is 13.8. The molecule has 0 saturated carbocycles. The summed E-state index contributed by atoms with van der Waals surface area (Å²) in [6, 6.07) is 2.68. The van der Waals surface area contributed by atoms with Crippen molar-refractivity contribution in [2.45, 2.75) is 32.7 Å². The Hall–Kier alpha value is -0.610. The third-order valence-electron chi connectivity index (χ3n) is 3.43. The van der Waals surface area contributed by atoms with Crippen LogP contribution >= 0.6 is 15.9 Å². The summed E-state index contributed by atoms with van der Waals surface area (Å²) in [7, 11) is 0. The van der Waals surface area contributed by atoms with Crippen molar-refractivity contribution >= 4 is 21.6 Å². The van der Waals surface area contributed by atoms with E-state index in [-0.39, 0.29) is 0 Å². The number of piperidine rings is 1. The zero-order chi connectivity index (χ0) is 13.0. The molecule has 1 atom stereocenters. The van der Waals surface area contributed by atoms with E-state index in [1.807, 2.05) is 12.4 Å². The number of anilines is 1. The molecule has 1 unspecified atom stereocenters. The number of nitrogens with zero attached hydrogens (tertiary/aromatic N) is 2. The van der Waals surface area contributed by atoms with Gasteiger partial charge in [-0.1, -0.05) is 13.8 Å². The van der Waals surface area contributed by atoms with Gasteiger partial charge < -0.3 is 10.2 Å². The quantitative estimate of drug-likeness (QED) is 0.926. The summed E-state index contributed by atoms with van der Waals surface area (Å²) in [4.78, 5) is 6.61. The van der Waals surface area contributed by atoms with Crippen LogP contribution in [0.1, 0.15) is 26.7 Å². The Morgan fingerprint density at radius 2 is 2.39 bits per heavy atom. The molecule has 0 spiro atoms. The number of aromatic nitrogens is 1. The molecule has 1 aromatic heterocycles. The minimum absolute atomic E-state index is 0.577. The summed E-state index contributed by atoms with van der Waals surface area (Å²) in [6.07, 6.45) is 6.36. The highest BCUT2D eigenvalue weighted by molar-refractivity contribution is 9.10. The smallest absolute Gasteiger partial charge is 0.0592 e. The van der Waals surface area contributed by atoms with E-state index in [1.165, 1.54) is 18.5 Å². The zero-order valence-corrected chi connectivity index (χ0v) is 12.8. The van der Waals surface area contributed by atoms with E-state index in [4.69, 9.17) is 0 Å². The molecule has 0 bridgehead atoms. The molecule has 0 aliphatic carbocycles. The van der Waals surface area contributed by atoms with Gasteiger partial charge in [0, 0.05) is 31.5 Å².